The number of aliphatic hydroxyl groups excluding tert-OH is 1. The molecule has 1 fully saturated rings. The minimum Gasteiger partial charge on any atom is -0.396 e. The molecule has 0 spiro atoms. The number of hydrogen-bond acceptors (Lipinski definition) is 2. The van der Waals surface area contributed by atoms with E-state index in [9.17, 15) is 18.3 Å². The molecule has 0 amide bonds. The zero-order valence-electron chi connectivity index (χ0n) is 11.3. The van der Waals surface area contributed by atoms with Gasteiger partial charge >= 0.3 is 6.18 Å². The van der Waals surface area contributed by atoms with Crippen LogP contribution in [-0.4, -0.2) is 41.9 Å². The molecule has 0 saturated heterocycles. The molecule has 1 N–H and O–H groups in total. The number of halogens is 3. The van der Waals surface area contributed by atoms with Crippen LogP contribution in [0.2, 0.25) is 0 Å². The van der Waals surface area contributed by atoms with Gasteiger partial charge in [-0.05, 0) is 26.7 Å². The van der Waals surface area contributed by atoms with Crippen LogP contribution in [0.1, 0.15) is 46.0 Å². The molecule has 0 atom stereocenters. The predicted octanol–water partition coefficient (Wildman–Crippen LogP) is 3.20. The van der Waals surface area contributed by atoms with Crippen molar-refractivity contribution >= 4 is 0 Å². The molecule has 0 heterocycles. The summed E-state index contributed by atoms with van der Waals surface area (Å²) in [6.07, 6.45) is 0.657. The van der Waals surface area contributed by atoms with Crippen LogP contribution in [0.15, 0.2) is 0 Å². The molecular weight excluding hydrogens is 243 g/mol. The molecule has 5 heteroatoms. The lowest BCUT2D eigenvalue weighted by Gasteiger charge is -2.41. The fourth-order valence-corrected chi connectivity index (χ4v) is 2.75. The summed E-state index contributed by atoms with van der Waals surface area (Å²) in [4.78, 5) is 1.45. The van der Waals surface area contributed by atoms with E-state index in [1.54, 1.807) is 13.8 Å². The molecule has 18 heavy (non-hydrogen) atoms. The van der Waals surface area contributed by atoms with E-state index in [4.69, 9.17) is 0 Å². The van der Waals surface area contributed by atoms with Crippen molar-refractivity contribution in [1.29, 1.82) is 0 Å². The first-order valence-electron chi connectivity index (χ1n) is 6.70. The largest absolute Gasteiger partial charge is 0.401 e. The molecule has 0 unspecified atom stereocenters. The molecule has 1 aliphatic rings. The van der Waals surface area contributed by atoms with Crippen molar-refractivity contribution in [3.05, 3.63) is 0 Å². The summed E-state index contributed by atoms with van der Waals surface area (Å²) in [5.74, 6) is 0. The van der Waals surface area contributed by atoms with Crippen LogP contribution in [-0.2, 0) is 0 Å². The van der Waals surface area contributed by atoms with Gasteiger partial charge in [0.25, 0.3) is 0 Å². The standard InChI is InChI=1S/C13H24F3NO/c1-11(2)17(9-13(14,15)16)8-12(10-18)6-4-3-5-7-12/h11,18H,3-10H2,1-2H3. The number of hydrogen-bond donors (Lipinski definition) is 1. The fourth-order valence-electron chi connectivity index (χ4n) is 2.75. The third-order valence-electron chi connectivity index (χ3n) is 3.90. The Labute approximate surface area is 107 Å². The third kappa shape index (κ3) is 4.76. The maximum absolute atomic E-state index is 12.5. The molecule has 0 aliphatic heterocycles. The maximum Gasteiger partial charge on any atom is 0.401 e. The highest BCUT2D eigenvalue weighted by Crippen LogP contribution is 2.37. The molecular formula is C13H24F3NO. The Hall–Kier alpha value is -0.290. The van der Waals surface area contributed by atoms with Crippen LogP contribution in [0.25, 0.3) is 0 Å². The first kappa shape index (κ1) is 15.8. The Morgan fingerprint density at radius 2 is 1.72 bits per heavy atom. The van der Waals surface area contributed by atoms with Gasteiger partial charge in [-0.3, -0.25) is 4.90 Å². The van der Waals surface area contributed by atoms with Crippen LogP contribution < -0.4 is 0 Å². The van der Waals surface area contributed by atoms with Crippen molar-refractivity contribution in [1.82, 2.24) is 4.90 Å². The molecule has 1 aliphatic carbocycles. The van der Waals surface area contributed by atoms with E-state index in [2.05, 4.69) is 0 Å². The normalized spacial score (nSPS) is 20.7. The van der Waals surface area contributed by atoms with E-state index in [1.165, 1.54) is 4.90 Å². The van der Waals surface area contributed by atoms with E-state index in [1.807, 2.05) is 0 Å². The Bertz CT molecular complexity index is 247. The van der Waals surface area contributed by atoms with E-state index >= 15 is 0 Å². The van der Waals surface area contributed by atoms with Crippen molar-refractivity contribution in [3.63, 3.8) is 0 Å². The second kappa shape index (κ2) is 6.24. The van der Waals surface area contributed by atoms with Crippen molar-refractivity contribution in [2.24, 2.45) is 5.41 Å². The lowest BCUT2D eigenvalue weighted by atomic mass is 9.74. The maximum atomic E-state index is 12.5. The van der Waals surface area contributed by atoms with Gasteiger partial charge in [0.05, 0.1) is 6.54 Å². The van der Waals surface area contributed by atoms with Gasteiger partial charge in [-0.15, -0.1) is 0 Å². The predicted molar refractivity (Wildman–Crippen MR) is 65.4 cm³/mol. The van der Waals surface area contributed by atoms with Crippen LogP contribution in [0.4, 0.5) is 13.2 Å². The minimum absolute atomic E-state index is 0.00588. The Kier molecular flexibility index (Phi) is 5.46. The Balaban J connectivity index is 2.68. The molecule has 1 rings (SSSR count). The van der Waals surface area contributed by atoms with E-state index in [-0.39, 0.29) is 18.1 Å². The average molecular weight is 267 g/mol. The first-order chi connectivity index (χ1) is 8.28. The van der Waals surface area contributed by atoms with Crippen LogP contribution in [0.5, 0.6) is 0 Å². The average Bonchev–Trinajstić information content (AvgIpc) is 2.27. The van der Waals surface area contributed by atoms with Crippen LogP contribution in [0.3, 0.4) is 0 Å². The number of nitrogens with zero attached hydrogens (tertiary/aromatic N) is 1. The number of aliphatic hydroxyl groups is 1. The molecule has 0 bridgehead atoms. The van der Waals surface area contributed by atoms with Crippen LogP contribution >= 0.6 is 0 Å². The number of alkyl halides is 3. The highest BCUT2D eigenvalue weighted by molar-refractivity contribution is 4.87. The summed E-state index contributed by atoms with van der Waals surface area (Å²) in [7, 11) is 0. The van der Waals surface area contributed by atoms with Gasteiger partial charge in [0.1, 0.15) is 0 Å². The third-order valence-corrected chi connectivity index (χ3v) is 3.90. The monoisotopic (exact) mass is 267 g/mol. The Morgan fingerprint density at radius 3 is 2.11 bits per heavy atom. The van der Waals surface area contributed by atoms with Crippen molar-refractivity contribution < 1.29 is 18.3 Å². The second-order valence-electron chi connectivity index (χ2n) is 5.83. The molecule has 1 saturated carbocycles. The topological polar surface area (TPSA) is 23.5 Å². The molecule has 0 aromatic rings. The summed E-state index contributed by atoms with van der Waals surface area (Å²) >= 11 is 0. The smallest absolute Gasteiger partial charge is 0.396 e. The molecule has 0 aromatic heterocycles. The lowest BCUT2D eigenvalue weighted by Crippen LogP contribution is -2.47. The van der Waals surface area contributed by atoms with Gasteiger partial charge in [-0.2, -0.15) is 13.2 Å². The molecule has 0 aromatic carbocycles. The summed E-state index contributed by atoms with van der Waals surface area (Å²) in [5.41, 5.74) is -0.326. The van der Waals surface area contributed by atoms with Crippen molar-refractivity contribution in [2.75, 3.05) is 19.7 Å². The number of rotatable bonds is 5. The quantitative estimate of drug-likeness (QED) is 0.827. The van der Waals surface area contributed by atoms with E-state index in [0.717, 1.165) is 32.1 Å². The molecule has 0 radical (unpaired) electrons. The van der Waals surface area contributed by atoms with Crippen LogP contribution in [0, 0.1) is 5.41 Å². The summed E-state index contributed by atoms with van der Waals surface area (Å²) in [6.45, 7) is 3.01. The van der Waals surface area contributed by atoms with Gasteiger partial charge in [0.2, 0.25) is 0 Å². The van der Waals surface area contributed by atoms with Gasteiger partial charge in [-0.25, -0.2) is 0 Å². The highest BCUT2D eigenvalue weighted by atomic mass is 19.4. The van der Waals surface area contributed by atoms with Crippen molar-refractivity contribution in [3.8, 4) is 0 Å². The van der Waals surface area contributed by atoms with Gasteiger partial charge in [-0.1, -0.05) is 19.3 Å². The Morgan fingerprint density at radius 1 is 1.17 bits per heavy atom. The van der Waals surface area contributed by atoms with E-state index < -0.39 is 12.7 Å². The molecule has 108 valence electrons. The fraction of sp³-hybridized carbons (Fsp3) is 1.00. The summed E-state index contributed by atoms with van der Waals surface area (Å²) < 4.78 is 37.6. The van der Waals surface area contributed by atoms with Gasteiger partial charge in [0.15, 0.2) is 0 Å². The zero-order valence-corrected chi connectivity index (χ0v) is 11.3. The van der Waals surface area contributed by atoms with Crippen molar-refractivity contribution in [2.45, 2.75) is 58.2 Å². The first-order valence-corrected chi connectivity index (χ1v) is 6.70. The lowest BCUT2D eigenvalue weighted by molar-refractivity contribution is -0.155. The van der Waals surface area contributed by atoms with Gasteiger partial charge in [0, 0.05) is 24.6 Å². The summed E-state index contributed by atoms with van der Waals surface area (Å²) in [6, 6.07) is -0.156. The second-order valence-corrected chi connectivity index (χ2v) is 5.83. The highest BCUT2D eigenvalue weighted by Gasteiger charge is 2.38. The zero-order chi connectivity index (χ0) is 13.8. The van der Waals surface area contributed by atoms with E-state index in [0.29, 0.717) is 6.54 Å². The minimum atomic E-state index is -4.17. The SMILES string of the molecule is CC(C)N(CC(F)(F)F)CC1(CO)CCCCC1. The van der Waals surface area contributed by atoms with Gasteiger partial charge < -0.3 is 5.11 Å². The summed E-state index contributed by atoms with van der Waals surface area (Å²) in [5, 5.41) is 9.56. The molecule has 2 nitrogen and oxygen atoms in total.